The number of nitrogens with zero attached hydrogens (tertiary/aromatic N) is 3. The van der Waals surface area contributed by atoms with Gasteiger partial charge in [0.05, 0.1) is 16.6 Å². The molecular weight excluding hydrogens is 362 g/mol. The van der Waals surface area contributed by atoms with E-state index < -0.39 is 0 Å². The van der Waals surface area contributed by atoms with Gasteiger partial charge >= 0.3 is 5.69 Å². The van der Waals surface area contributed by atoms with Crippen molar-refractivity contribution in [2.75, 3.05) is 0 Å². The van der Waals surface area contributed by atoms with Crippen LogP contribution in [0.1, 0.15) is 5.56 Å². The molecule has 0 unspecified atom stereocenters. The molecule has 0 aliphatic heterocycles. The van der Waals surface area contributed by atoms with Crippen LogP contribution in [0.4, 0.5) is 0 Å². The van der Waals surface area contributed by atoms with E-state index in [9.17, 15) is 9.59 Å². The Morgan fingerprint density at radius 3 is 2.22 bits per heavy atom. The average Bonchev–Trinajstić information content (AvgIpc) is 3.06. The number of hydrogen-bond acceptors (Lipinski definition) is 2. The van der Waals surface area contributed by atoms with E-state index in [-0.39, 0.29) is 11.2 Å². The number of fused-ring (bicyclic) bond motifs is 1. The summed E-state index contributed by atoms with van der Waals surface area (Å²) in [5, 5.41) is 1.15. The van der Waals surface area contributed by atoms with Crippen LogP contribution in [0.25, 0.3) is 27.8 Å². The monoisotopic (exact) mass is 379 g/mol. The Morgan fingerprint density at radius 1 is 0.889 bits per heavy atom. The third-order valence-electron chi connectivity index (χ3n) is 4.94. The van der Waals surface area contributed by atoms with Gasteiger partial charge in [-0.1, -0.05) is 35.9 Å². The van der Waals surface area contributed by atoms with Gasteiger partial charge in [-0.2, -0.15) is 0 Å². The molecule has 0 aliphatic rings. The quantitative estimate of drug-likeness (QED) is 0.533. The average molecular weight is 380 g/mol. The third kappa shape index (κ3) is 2.62. The molecule has 5 nitrogen and oxygen atoms in total. The zero-order valence-corrected chi connectivity index (χ0v) is 16.0. The van der Waals surface area contributed by atoms with Crippen molar-refractivity contribution in [2.45, 2.75) is 6.92 Å². The van der Waals surface area contributed by atoms with E-state index in [4.69, 9.17) is 11.6 Å². The lowest BCUT2D eigenvalue weighted by molar-refractivity contribution is 0.714. The fraction of sp³-hybridized carbons (Fsp3) is 0.143. The van der Waals surface area contributed by atoms with Crippen LogP contribution in [0.15, 0.2) is 64.3 Å². The van der Waals surface area contributed by atoms with Gasteiger partial charge in [0.25, 0.3) is 5.56 Å². The molecule has 4 rings (SSSR count). The first-order chi connectivity index (χ1) is 12.9. The minimum absolute atomic E-state index is 0.306. The molecule has 27 heavy (non-hydrogen) atoms. The number of aryl methyl sites for hydroxylation is 2. The summed E-state index contributed by atoms with van der Waals surface area (Å²) < 4.78 is 4.60. The second-order valence-electron chi connectivity index (χ2n) is 6.61. The van der Waals surface area contributed by atoms with Crippen molar-refractivity contribution in [3.8, 4) is 16.9 Å². The topological polar surface area (TPSA) is 48.9 Å². The van der Waals surface area contributed by atoms with Gasteiger partial charge in [0.15, 0.2) is 0 Å². The molecule has 2 aromatic heterocycles. The van der Waals surface area contributed by atoms with Gasteiger partial charge in [-0.3, -0.25) is 13.9 Å². The molecule has 0 spiro atoms. The standard InChI is InChI=1S/C21H18ClN3O2/c1-13-6-4-5-7-16(13)19-18-17(23(2)21(27)24(3)20(18)26)12-25(19)15-10-8-14(22)9-11-15/h4-12H,1-3H3. The van der Waals surface area contributed by atoms with Gasteiger partial charge in [-0.05, 0) is 36.8 Å². The lowest BCUT2D eigenvalue weighted by atomic mass is 10.0. The molecule has 0 bridgehead atoms. The summed E-state index contributed by atoms with van der Waals surface area (Å²) in [4.78, 5) is 25.4. The molecule has 2 heterocycles. The predicted molar refractivity (Wildman–Crippen MR) is 109 cm³/mol. The number of rotatable bonds is 2. The van der Waals surface area contributed by atoms with Gasteiger partial charge < -0.3 is 4.57 Å². The number of hydrogen-bond donors (Lipinski definition) is 0. The molecule has 6 heteroatoms. The molecule has 0 fully saturated rings. The van der Waals surface area contributed by atoms with Gasteiger partial charge in [-0.15, -0.1) is 0 Å². The molecule has 0 saturated heterocycles. The van der Waals surface area contributed by atoms with E-state index in [1.807, 2.05) is 54.1 Å². The van der Waals surface area contributed by atoms with Crippen molar-refractivity contribution >= 4 is 22.5 Å². The van der Waals surface area contributed by atoms with Crippen molar-refractivity contribution in [3.63, 3.8) is 0 Å². The molecule has 2 aromatic carbocycles. The molecule has 0 atom stereocenters. The lowest BCUT2D eigenvalue weighted by Gasteiger charge is -2.12. The van der Waals surface area contributed by atoms with Crippen LogP contribution in [-0.4, -0.2) is 13.7 Å². The molecule has 0 aliphatic carbocycles. The lowest BCUT2D eigenvalue weighted by Crippen LogP contribution is -2.36. The fourth-order valence-corrected chi connectivity index (χ4v) is 3.58. The highest BCUT2D eigenvalue weighted by Gasteiger charge is 2.21. The van der Waals surface area contributed by atoms with Crippen LogP contribution in [0.5, 0.6) is 0 Å². The Morgan fingerprint density at radius 2 is 1.56 bits per heavy atom. The SMILES string of the molecule is Cc1ccccc1-c1c2c(=O)n(C)c(=O)n(C)c2cn1-c1ccc(Cl)cc1. The van der Waals surface area contributed by atoms with Crippen LogP contribution >= 0.6 is 11.6 Å². The summed E-state index contributed by atoms with van der Waals surface area (Å²) in [5.41, 5.74) is 3.55. The second kappa shape index (κ2) is 6.28. The fourth-order valence-electron chi connectivity index (χ4n) is 3.45. The maximum Gasteiger partial charge on any atom is 0.330 e. The molecule has 4 aromatic rings. The Hall–Kier alpha value is -3.05. The minimum atomic E-state index is -0.350. The van der Waals surface area contributed by atoms with E-state index in [2.05, 4.69) is 0 Å². The molecule has 0 amide bonds. The molecular formula is C21H18ClN3O2. The predicted octanol–water partition coefficient (Wildman–Crippen LogP) is 3.66. The summed E-state index contributed by atoms with van der Waals surface area (Å²) in [5.74, 6) is 0. The van der Waals surface area contributed by atoms with Crippen LogP contribution < -0.4 is 11.2 Å². The van der Waals surface area contributed by atoms with Crippen LogP contribution in [0.3, 0.4) is 0 Å². The van der Waals surface area contributed by atoms with Gasteiger partial charge in [0.1, 0.15) is 0 Å². The molecule has 0 N–H and O–H groups in total. The van der Waals surface area contributed by atoms with Crippen molar-refractivity contribution in [1.29, 1.82) is 0 Å². The number of halogens is 1. The molecule has 136 valence electrons. The number of aromatic nitrogens is 3. The molecule has 0 saturated carbocycles. The highest BCUT2D eigenvalue weighted by atomic mass is 35.5. The first-order valence-electron chi connectivity index (χ1n) is 8.53. The van der Waals surface area contributed by atoms with E-state index in [1.165, 1.54) is 11.6 Å². The van der Waals surface area contributed by atoms with E-state index in [0.717, 1.165) is 27.1 Å². The maximum atomic E-state index is 13.0. The van der Waals surface area contributed by atoms with Crippen LogP contribution in [0.2, 0.25) is 5.02 Å². The van der Waals surface area contributed by atoms with Crippen molar-refractivity contribution in [2.24, 2.45) is 14.1 Å². The van der Waals surface area contributed by atoms with Gasteiger partial charge in [0, 0.05) is 36.6 Å². The van der Waals surface area contributed by atoms with Crippen molar-refractivity contribution in [1.82, 2.24) is 13.7 Å². The summed E-state index contributed by atoms with van der Waals surface area (Å²) in [6.07, 6.45) is 1.84. The summed E-state index contributed by atoms with van der Waals surface area (Å²) >= 11 is 6.04. The Balaban J connectivity index is 2.23. The zero-order valence-electron chi connectivity index (χ0n) is 15.2. The highest BCUT2D eigenvalue weighted by Crippen LogP contribution is 2.33. The van der Waals surface area contributed by atoms with E-state index in [1.54, 1.807) is 19.2 Å². The van der Waals surface area contributed by atoms with Gasteiger partial charge in [-0.25, -0.2) is 4.79 Å². The minimum Gasteiger partial charge on any atom is -0.314 e. The summed E-state index contributed by atoms with van der Waals surface area (Å²) in [6.45, 7) is 2.01. The van der Waals surface area contributed by atoms with Crippen LogP contribution in [0, 0.1) is 6.92 Å². The van der Waals surface area contributed by atoms with E-state index in [0.29, 0.717) is 15.9 Å². The maximum absolute atomic E-state index is 13.0. The van der Waals surface area contributed by atoms with Crippen LogP contribution in [-0.2, 0) is 14.1 Å². The number of benzene rings is 2. The zero-order chi connectivity index (χ0) is 19.3. The molecule has 0 radical (unpaired) electrons. The Kier molecular flexibility index (Phi) is 4.04. The Bertz CT molecular complexity index is 1290. The summed E-state index contributed by atoms with van der Waals surface area (Å²) in [6, 6.07) is 15.3. The smallest absolute Gasteiger partial charge is 0.314 e. The van der Waals surface area contributed by atoms with Gasteiger partial charge in [0.2, 0.25) is 0 Å². The third-order valence-corrected chi connectivity index (χ3v) is 5.20. The second-order valence-corrected chi connectivity index (χ2v) is 7.04. The highest BCUT2D eigenvalue weighted by molar-refractivity contribution is 6.30. The van der Waals surface area contributed by atoms with Crippen molar-refractivity contribution < 1.29 is 0 Å². The van der Waals surface area contributed by atoms with E-state index >= 15 is 0 Å². The Labute approximate surface area is 160 Å². The normalized spacial score (nSPS) is 11.3. The summed E-state index contributed by atoms with van der Waals surface area (Å²) in [7, 11) is 3.18. The first kappa shape index (κ1) is 17.4. The first-order valence-corrected chi connectivity index (χ1v) is 8.91. The largest absolute Gasteiger partial charge is 0.330 e. The van der Waals surface area contributed by atoms with Crippen molar-refractivity contribution in [3.05, 3.63) is 86.2 Å².